The van der Waals surface area contributed by atoms with E-state index in [9.17, 15) is 33.9 Å². The first-order valence-corrected chi connectivity index (χ1v) is 19.8. The third-order valence-electron chi connectivity index (χ3n) is 12.9. The molecule has 62 heavy (non-hydrogen) atoms. The standard InChI is InChI=1S/C46H49NO15/c1-25-35(36(53)40(58-26(2)48)45(7)39(30-18-20-57-24-30)60-34(52)22-46(25,45)62-27(3)49)44(6)31(21-33(51)56-8)43(4,5)38(54)37(41(44)61-42(55)29-15-12-19-47-23-29)59-32(50)17-16-28-13-10-9-11-14-28/h9-20,23-24,31,35,37-41,54H,1,21-22H2,2-8H3. The maximum absolute atomic E-state index is 15.9. The largest absolute Gasteiger partial charge is 0.472 e. The van der Waals surface area contributed by atoms with E-state index in [-0.39, 0.29) is 16.7 Å². The third kappa shape index (κ3) is 7.71. The van der Waals surface area contributed by atoms with Crippen molar-refractivity contribution < 1.29 is 71.5 Å². The van der Waals surface area contributed by atoms with Gasteiger partial charge in [0.05, 0.1) is 43.0 Å². The van der Waals surface area contributed by atoms with Crippen LogP contribution in [0.5, 0.6) is 0 Å². The molecule has 10 unspecified atom stereocenters. The lowest BCUT2D eigenvalue weighted by molar-refractivity contribution is -0.266. The molecule has 3 aliphatic rings. The Bertz CT molecular complexity index is 2270. The van der Waals surface area contributed by atoms with Gasteiger partial charge in [-0.1, -0.05) is 57.7 Å². The molecule has 328 valence electrons. The molecule has 0 bridgehead atoms. The van der Waals surface area contributed by atoms with Crippen molar-refractivity contribution in [2.75, 3.05) is 7.11 Å². The van der Waals surface area contributed by atoms with Crippen LogP contribution in [0.2, 0.25) is 0 Å². The molecule has 3 aromatic rings. The van der Waals surface area contributed by atoms with Crippen molar-refractivity contribution >= 4 is 47.7 Å². The molecule has 6 rings (SSSR count). The van der Waals surface area contributed by atoms with Crippen molar-refractivity contribution in [3.8, 4) is 0 Å². The number of pyridine rings is 1. The van der Waals surface area contributed by atoms with Crippen LogP contribution in [0.25, 0.3) is 6.08 Å². The fourth-order valence-electron chi connectivity index (χ4n) is 10.0. The number of fused-ring (bicyclic) bond motifs is 1. The summed E-state index contributed by atoms with van der Waals surface area (Å²) in [5.41, 5.74) is -7.14. The van der Waals surface area contributed by atoms with Gasteiger partial charge in [0.15, 0.2) is 23.6 Å². The number of cyclic esters (lactones) is 1. The number of ether oxygens (including phenoxy) is 6. The number of benzene rings is 1. The van der Waals surface area contributed by atoms with Crippen molar-refractivity contribution in [1.82, 2.24) is 4.98 Å². The van der Waals surface area contributed by atoms with E-state index in [1.807, 2.05) is 0 Å². The molecule has 0 amide bonds. The topological polar surface area (TPSA) is 221 Å². The van der Waals surface area contributed by atoms with Gasteiger partial charge in [-0.05, 0) is 53.7 Å². The third-order valence-corrected chi connectivity index (χ3v) is 12.9. The summed E-state index contributed by atoms with van der Waals surface area (Å²) in [5.74, 6) is -9.45. The Labute approximate surface area is 357 Å². The minimum Gasteiger partial charge on any atom is -0.472 e. The summed E-state index contributed by atoms with van der Waals surface area (Å²) in [6, 6.07) is 13.1. The molecule has 1 saturated heterocycles. The van der Waals surface area contributed by atoms with Gasteiger partial charge in [-0.25, -0.2) is 9.59 Å². The van der Waals surface area contributed by atoms with Crippen molar-refractivity contribution in [1.29, 1.82) is 0 Å². The molecule has 16 heteroatoms. The predicted molar refractivity (Wildman–Crippen MR) is 215 cm³/mol. The van der Waals surface area contributed by atoms with E-state index in [4.69, 9.17) is 32.8 Å². The Morgan fingerprint density at radius 3 is 2.26 bits per heavy atom. The second kappa shape index (κ2) is 17.2. The maximum Gasteiger partial charge on any atom is 0.340 e. The molecule has 2 aromatic heterocycles. The molecule has 1 aromatic carbocycles. The first kappa shape index (κ1) is 45.1. The molecule has 2 aliphatic carbocycles. The number of nitrogens with zero attached hydrogens (tertiary/aromatic N) is 1. The number of carbonyl (C=O) groups excluding carboxylic acids is 7. The van der Waals surface area contributed by atoms with E-state index in [2.05, 4.69) is 11.6 Å². The van der Waals surface area contributed by atoms with Crippen LogP contribution in [-0.2, 0) is 57.2 Å². The van der Waals surface area contributed by atoms with Crippen molar-refractivity contribution in [3.63, 3.8) is 0 Å². The number of aliphatic hydroxyl groups is 1. The lowest BCUT2D eigenvalue weighted by atomic mass is 9.42. The number of carbonyl (C=O) groups is 7. The Morgan fingerprint density at radius 2 is 1.66 bits per heavy atom. The number of ketones is 1. The lowest BCUT2D eigenvalue weighted by Gasteiger charge is -2.65. The minimum atomic E-state index is -2.23. The molecule has 3 heterocycles. The van der Waals surface area contributed by atoms with Crippen LogP contribution >= 0.6 is 0 Å². The van der Waals surface area contributed by atoms with Crippen molar-refractivity contribution in [2.24, 2.45) is 28.1 Å². The summed E-state index contributed by atoms with van der Waals surface area (Å²) in [6.45, 7) is 12.6. The van der Waals surface area contributed by atoms with Crippen molar-refractivity contribution in [2.45, 2.75) is 90.5 Å². The highest BCUT2D eigenvalue weighted by Gasteiger charge is 2.78. The normalized spacial score (nSPS) is 31.5. The summed E-state index contributed by atoms with van der Waals surface area (Å²) in [7, 11) is 1.14. The van der Waals surface area contributed by atoms with Gasteiger partial charge in [-0.15, -0.1) is 0 Å². The van der Waals surface area contributed by atoms with Crippen molar-refractivity contribution in [3.05, 3.63) is 108 Å². The number of furan rings is 1. The van der Waals surface area contributed by atoms with Gasteiger partial charge in [0, 0.05) is 49.7 Å². The highest BCUT2D eigenvalue weighted by atomic mass is 16.6. The number of esters is 6. The summed E-state index contributed by atoms with van der Waals surface area (Å²) < 4.78 is 40.9. The number of hydrogen-bond acceptors (Lipinski definition) is 16. The van der Waals surface area contributed by atoms with Gasteiger partial charge in [0.2, 0.25) is 0 Å². The van der Waals surface area contributed by atoms with Crippen LogP contribution in [0.15, 0.2) is 96.1 Å². The van der Waals surface area contributed by atoms with Crippen LogP contribution in [0.3, 0.4) is 0 Å². The van der Waals surface area contributed by atoms with Crippen LogP contribution in [0, 0.1) is 28.1 Å². The van der Waals surface area contributed by atoms with E-state index in [1.165, 1.54) is 63.0 Å². The molecule has 2 saturated carbocycles. The highest BCUT2D eigenvalue weighted by Crippen LogP contribution is 2.68. The fraction of sp³-hybridized carbons (Fsp3) is 0.435. The number of rotatable bonds is 11. The molecule has 0 radical (unpaired) electrons. The fourth-order valence-corrected chi connectivity index (χ4v) is 10.0. The van der Waals surface area contributed by atoms with E-state index in [0.29, 0.717) is 5.56 Å². The maximum atomic E-state index is 15.9. The number of hydrogen-bond donors (Lipinski definition) is 1. The molecule has 3 fully saturated rings. The Balaban J connectivity index is 1.64. The minimum absolute atomic E-state index is 0.0683. The highest BCUT2D eigenvalue weighted by molar-refractivity contribution is 5.96. The SMILES string of the molecule is C=C1C(C2(C)C(OC(=O)c3cccnc3)C(OC(=O)C=Cc3ccccc3)C(O)C(C)(C)C2CC(=O)OC)C(=O)C(OC(C)=O)C2(C)C(c3ccoc3)OC(=O)CC12OC(C)=O. The lowest BCUT2D eigenvalue weighted by Crippen LogP contribution is -2.76. The first-order chi connectivity index (χ1) is 29.2. The second-order valence-corrected chi connectivity index (χ2v) is 16.8. The predicted octanol–water partition coefficient (Wildman–Crippen LogP) is 5.09. The smallest absolute Gasteiger partial charge is 0.340 e. The zero-order valence-corrected chi connectivity index (χ0v) is 35.4. The number of aromatic nitrogens is 1. The van der Waals surface area contributed by atoms with Gasteiger partial charge in [0.25, 0.3) is 0 Å². The number of aliphatic hydroxyl groups excluding tert-OH is 1. The van der Waals surface area contributed by atoms with E-state index >= 15 is 4.79 Å². The van der Waals surface area contributed by atoms with E-state index in [1.54, 1.807) is 44.2 Å². The molecule has 1 aliphatic heterocycles. The Kier molecular flexibility index (Phi) is 12.5. The summed E-state index contributed by atoms with van der Waals surface area (Å²) >= 11 is 0. The van der Waals surface area contributed by atoms with Gasteiger partial charge in [-0.2, -0.15) is 0 Å². The van der Waals surface area contributed by atoms with Gasteiger partial charge in [-0.3, -0.25) is 29.0 Å². The van der Waals surface area contributed by atoms with Gasteiger partial charge >= 0.3 is 35.8 Å². The Hall–Kier alpha value is -6.42. The first-order valence-electron chi connectivity index (χ1n) is 19.8. The quantitative estimate of drug-likeness (QED) is 0.115. The summed E-state index contributed by atoms with van der Waals surface area (Å²) in [5, 5.41) is 12.4. The van der Waals surface area contributed by atoms with Crippen LogP contribution in [-0.4, -0.2) is 88.8 Å². The average Bonchev–Trinajstić information content (AvgIpc) is 3.77. The molecule has 16 nitrogen and oxygen atoms in total. The second-order valence-electron chi connectivity index (χ2n) is 16.8. The Morgan fingerprint density at radius 1 is 0.952 bits per heavy atom. The molecular formula is C46H49NO15. The van der Waals surface area contributed by atoms with E-state index in [0.717, 1.165) is 27.0 Å². The van der Waals surface area contributed by atoms with Crippen LogP contribution in [0.4, 0.5) is 0 Å². The molecule has 1 N–H and O–H groups in total. The number of Topliss-reactive ketones (excluding diaryl/α,β-unsaturated/α-hetero) is 1. The molecule has 0 spiro atoms. The molecular weight excluding hydrogens is 806 g/mol. The summed E-state index contributed by atoms with van der Waals surface area (Å²) in [6.07, 6.45) is -2.17. The van der Waals surface area contributed by atoms with Gasteiger partial charge in [0.1, 0.15) is 18.3 Å². The zero-order valence-electron chi connectivity index (χ0n) is 35.4. The van der Waals surface area contributed by atoms with E-state index < -0.39 is 119 Å². The van der Waals surface area contributed by atoms with Crippen LogP contribution < -0.4 is 0 Å². The average molecular weight is 856 g/mol. The van der Waals surface area contributed by atoms with Gasteiger partial charge < -0.3 is 37.9 Å². The van der Waals surface area contributed by atoms with Crippen LogP contribution in [0.1, 0.15) is 82.0 Å². The monoisotopic (exact) mass is 855 g/mol. The summed E-state index contributed by atoms with van der Waals surface area (Å²) in [4.78, 5) is 102. The molecule has 10 atom stereocenters. The number of methoxy groups -OCH3 is 1. The zero-order chi connectivity index (χ0) is 45.4.